The fourth-order valence-corrected chi connectivity index (χ4v) is 3.86. The fourth-order valence-electron chi connectivity index (χ4n) is 2.55. The maximum Gasteiger partial charge on any atom is 0.257 e. The number of halogens is 2. The molecule has 24 heavy (non-hydrogen) atoms. The van der Waals surface area contributed by atoms with Crippen molar-refractivity contribution in [2.45, 2.75) is 11.4 Å². The molecule has 0 fully saturated rings. The van der Waals surface area contributed by atoms with Gasteiger partial charge in [0.15, 0.2) is 9.84 Å². The molecule has 1 aromatic carbocycles. The van der Waals surface area contributed by atoms with E-state index in [2.05, 4.69) is 10.3 Å². The first kappa shape index (κ1) is 17.0. The van der Waals surface area contributed by atoms with Crippen LogP contribution in [0.15, 0.2) is 29.2 Å². The van der Waals surface area contributed by atoms with E-state index < -0.39 is 9.84 Å². The Kier molecular flexibility index (Phi) is 4.19. The van der Waals surface area contributed by atoms with E-state index in [1.54, 1.807) is 19.2 Å². The molecule has 0 radical (unpaired) electrons. The molecule has 3 rings (SSSR count). The third kappa shape index (κ3) is 3.07. The Morgan fingerprint density at radius 2 is 1.92 bits per heavy atom. The summed E-state index contributed by atoms with van der Waals surface area (Å²) in [7, 11) is -1.86. The van der Waals surface area contributed by atoms with E-state index in [0.717, 1.165) is 6.26 Å². The Bertz CT molecular complexity index is 961. The number of rotatable bonds is 3. The summed E-state index contributed by atoms with van der Waals surface area (Å²) < 4.78 is 24.0. The van der Waals surface area contributed by atoms with Gasteiger partial charge in [0.05, 0.1) is 34.1 Å². The van der Waals surface area contributed by atoms with Crippen LogP contribution in [0.1, 0.15) is 16.1 Å². The lowest BCUT2D eigenvalue weighted by molar-refractivity contribution is 0.0817. The van der Waals surface area contributed by atoms with Crippen molar-refractivity contribution in [1.29, 1.82) is 0 Å². The molecule has 2 aromatic rings. The zero-order valence-electron chi connectivity index (χ0n) is 12.8. The summed E-state index contributed by atoms with van der Waals surface area (Å²) >= 11 is 11.9. The summed E-state index contributed by atoms with van der Waals surface area (Å²) in [4.78, 5) is 18.0. The van der Waals surface area contributed by atoms with Gasteiger partial charge in [-0.05, 0) is 24.3 Å². The van der Waals surface area contributed by atoms with Crippen molar-refractivity contribution in [1.82, 2.24) is 9.88 Å². The highest BCUT2D eigenvalue weighted by Gasteiger charge is 2.30. The van der Waals surface area contributed by atoms with Gasteiger partial charge in [0, 0.05) is 18.3 Å². The third-order valence-electron chi connectivity index (χ3n) is 3.62. The molecular weight excluding hydrogens is 373 g/mol. The molecular formula is C15H13Cl2N3O3S. The van der Waals surface area contributed by atoms with Gasteiger partial charge in [0.2, 0.25) is 0 Å². The smallest absolute Gasteiger partial charge is 0.257 e. The number of hydrogen-bond acceptors (Lipinski definition) is 5. The molecule has 1 aliphatic rings. The molecule has 1 amide bonds. The minimum atomic E-state index is -3.52. The molecule has 6 nitrogen and oxygen atoms in total. The zero-order valence-corrected chi connectivity index (χ0v) is 15.1. The highest BCUT2D eigenvalue weighted by molar-refractivity contribution is 7.90. The molecule has 2 heterocycles. The van der Waals surface area contributed by atoms with Crippen molar-refractivity contribution in [2.24, 2.45) is 0 Å². The monoisotopic (exact) mass is 385 g/mol. The molecule has 1 aliphatic heterocycles. The number of amides is 1. The maximum absolute atomic E-state index is 12.3. The number of anilines is 2. The van der Waals surface area contributed by atoms with E-state index in [9.17, 15) is 13.2 Å². The standard InChI is InChI=1S/C15H13Cl2N3O3S/c1-20-7-11-14(15(20)21)10(6-13(17)19-11)18-9-4-3-8(16)5-12(9)24(2,22)23/h3-6H,7H2,1-2H3,(H,18,19). The average molecular weight is 386 g/mol. The molecule has 0 saturated heterocycles. The van der Waals surface area contributed by atoms with Crippen LogP contribution in [0.5, 0.6) is 0 Å². The van der Waals surface area contributed by atoms with Crippen molar-refractivity contribution >= 4 is 50.3 Å². The van der Waals surface area contributed by atoms with Gasteiger partial charge in [-0.25, -0.2) is 13.4 Å². The van der Waals surface area contributed by atoms with Crippen molar-refractivity contribution in [3.63, 3.8) is 0 Å². The number of pyridine rings is 1. The molecule has 126 valence electrons. The summed E-state index contributed by atoms with van der Waals surface area (Å²) in [5.41, 5.74) is 1.66. The second kappa shape index (κ2) is 5.91. The molecule has 0 aliphatic carbocycles. The van der Waals surface area contributed by atoms with E-state index in [1.165, 1.54) is 17.0 Å². The summed E-state index contributed by atoms with van der Waals surface area (Å²) in [6.07, 6.45) is 1.09. The Morgan fingerprint density at radius 3 is 2.58 bits per heavy atom. The van der Waals surface area contributed by atoms with Crippen LogP contribution < -0.4 is 5.32 Å². The van der Waals surface area contributed by atoms with Crippen LogP contribution >= 0.6 is 23.2 Å². The number of fused-ring (bicyclic) bond motifs is 1. The number of aromatic nitrogens is 1. The van der Waals surface area contributed by atoms with Gasteiger partial charge in [-0.1, -0.05) is 23.2 Å². The highest BCUT2D eigenvalue weighted by Crippen LogP contribution is 2.34. The lowest BCUT2D eigenvalue weighted by Crippen LogP contribution is -2.18. The molecule has 1 N–H and O–H groups in total. The summed E-state index contributed by atoms with van der Waals surface area (Å²) in [5, 5.41) is 3.51. The van der Waals surface area contributed by atoms with Crippen LogP contribution in [0.2, 0.25) is 10.2 Å². The van der Waals surface area contributed by atoms with Gasteiger partial charge in [0.1, 0.15) is 5.15 Å². The molecule has 9 heteroatoms. The summed E-state index contributed by atoms with van der Waals surface area (Å²) in [5.74, 6) is -0.202. The topological polar surface area (TPSA) is 79.4 Å². The first-order chi connectivity index (χ1) is 11.2. The second-order valence-corrected chi connectivity index (χ2v) is 8.32. The molecule has 0 spiro atoms. The van der Waals surface area contributed by atoms with Gasteiger partial charge in [-0.2, -0.15) is 0 Å². The molecule has 0 saturated carbocycles. The van der Waals surface area contributed by atoms with E-state index >= 15 is 0 Å². The SMILES string of the molecule is CN1Cc2nc(Cl)cc(Nc3ccc(Cl)cc3S(C)(=O)=O)c2C1=O. The molecule has 0 bridgehead atoms. The van der Waals surface area contributed by atoms with E-state index in [4.69, 9.17) is 23.2 Å². The molecule has 1 aromatic heterocycles. The first-order valence-corrected chi connectivity index (χ1v) is 9.53. The van der Waals surface area contributed by atoms with Gasteiger partial charge in [0.25, 0.3) is 5.91 Å². The zero-order chi connectivity index (χ0) is 17.6. The number of carbonyl (C=O) groups excluding carboxylic acids is 1. The van der Waals surface area contributed by atoms with Crippen LogP contribution in [0.4, 0.5) is 11.4 Å². The number of nitrogens with one attached hydrogen (secondary N) is 1. The summed E-state index contributed by atoms with van der Waals surface area (Å²) in [6.45, 7) is 0.350. The predicted molar refractivity (Wildman–Crippen MR) is 92.9 cm³/mol. The number of sulfone groups is 1. The Hall–Kier alpha value is -1.83. The lowest BCUT2D eigenvalue weighted by atomic mass is 10.1. The number of hydrogen-bond donors (Lipinski definition) is 1. The largest absolute Gasteiger partial charge is 0.354 e. The van der Waals surface area contributed by atoms with E-state index in [0.29, 0.717) is 34.2 Å². The normalized spacial score (nSPS) is 14.0. The number of nitrogens with zero attached hydrogens (tertiary/aromatic N) is 2. The Balaban J connectivity index is 2.14. The fraction of sp³-hybridized carbons (Fsp3) is 0.200. The number of benzene rings is 1. The van der Waals surface area contributed by atoms with Crippen LogP contribution in [-0.2, 0) is 16.4 Å². The van der Waals surface area contributed by atoms with Crippen LogP contribution in [0, 0.1) is 0 Å². The Morgan fingerprint density at radius 1 is 1.21 bits per heavy atom. The van der Waals surface area contributed by atoms with Gasteiger partial charge < -0.3 is 10.2 Å². The van der Waals surface area contributed by atoms with E-state index in [1.807, 2.05) is 0 Å². The lowest BCUT2D eigenvalue weighted by Gasteiger charge is -2.14. The maximum atomic E-state index is 12.3. The minimum absolute atomic E-state index is 0.0375. The summed E-state index contributed by atoms with van der Waals surface area (Å²) in [6, 6.07) is 5.96. The van der Waals surface area contributed by atoms with Crippen molar-refractivity contribution < 1.29 is 13.2 Å². The van der Waals surface area contributed by atoms with Crippen LogP contribution in [0.25, 0.3) is 0 Å². The van der Waals surface area contributed by atoms with Gasteiger partial charge in [-0.15, -0.1) is 0 Å². The third-order valence-corrected chi connectivity index (χ3v) is 5.19. The Labute approximate surface area is 149 Å². The number of carbonyl (C=O) groups is 1. The van der Waals surface area contributed by atoms with Crippen molar-refractivity contribution in [3.8, 4) is 0 Å². The van der Waals surface area contributed by atoms with Gasteiger partial charge >= 0.3 is 0 Å². The predicted octanol–water partition coefficient (Wildman–Crippen LogP) is 3.12. The van der Waals surface area contributed by atoms with Crippen molar-refractivity contribution in [2.75, 3.05) is 18.6 Å². The minimum Gasteiger partial charge on any atom is -0.354 e. The van der Waals surface area contributed by atoms with Gasteiger partial charge in [-0.3, -0.25) is 4.79 Å². The first-order valence-electron chi connectivity index (χ1n) is 6.88. The molecule has 0 unspecified atom stereocenters. The highest BCUT2D eigenvalue weighted by atomic mass is 35.5. The molecule has 0 atom stereocenters. The average Bonchev–Trinajstić information content (AvgIpc) is 2.74. The van der Waals surface area contributed by atoms with Crippen LogP contribution in [0.3, 0.4) is 0 Å². The van der Waals surface area contributed by atoms with Crippen LogP contribution in [-0.4, -0.2) is 37.5 Å². The van der Waals surface area contributed by atoms with E-state index in [-0.39, 0.29) is 16.0 Å². The second-order valence-electron chi connectivity index (χ2n) is 5.51. The quantitative estimate of drug-likeness (QED) is 0.820. The van der Waals surface area contributed by atoms with Crippen molar-refractivity contribution in [3.05, 3.63) is 45.7 Å².